The second kappa shape index (κ2) is 10.7. The lowest BCUT2D eigenvalue weighted by atomic mass is 10.0. The third-order valence-corrected chi connectivity index (χ3v) is 7.64. The van der Waals surface area contributed by atoms with Crippen LogP contribution < -0.4 is 16.0 Å². The van der Waals surface area contributed by atoms with E-state index in [0.29, 0.717) is 22.9 Å². The van der Waals surface area contributed by atoms with Gasteiger partial charge in [-0.1, -0.05) is 30.3 Å². The fourth-order valence-corrected chi connectivity index (χ4v) is 5.64. The van der Waals surface area contributed by atoms with Gasteiger partial charge in [-0.3, -0.25) is 0 Å². The van der Waals surface area contributed by atoms with Gasteiger partial charge in [-0.25, -0.2) is 15.0 Å². The summed E-state index contributed by atoms with van der Waals surface area (Å²) in [6.07, 6.45) is -2.24. The van der Waals surface area contributed by atoms with E-state index >= 15 is 0 Å². The van der Waals surface area contributed by atoms with Crippen LogP contribution in [-0.4, -0.2) is 28.0 Å². The zero-order valence-electron chi connectivity index (χ0n) is 21.2. The van der Waals surface area contributed by atoms with Gasteiger partial charge in [-0.2, -0.15) is 13.2 Å². The molecule has 0 saturated carbocycles. The number of alkyl halides is 3. The molecule has 1 aliphatic heterocycles. The molecule has 0 radical (unpaired) electrons. The number of aromatic nitrogens is 3. The van der Waals surface area contributed by atoms with Crippen molar-refractivity contribution < 1.29 is 13.2 Å². The van der Waals surface area contributed by atoms with Crippen molar-refractivity contribution in [1.29, 1.82) is 0 Å². The first kappa shape index (κ1) is 26.1. The lowest BCUT2D eigenvalue weighted by molar-refractivity contribution is -0.137. The molecule has 0 amide bonds. The summed E-state index contributed by atoms with van der Waals surface area (Å²) in [6, 6.07) is 15.4. The fraction of sp³-hybridized carbons (Fsp3) is 0.321. The number of anilines is 3. The summed E-state index contributed by atoms with van der Waals surface area (Å²) in [6.45, 7) is 5.46. The minimum absolute atomic E-state index is 0.0590. The first-order valence-corrected chi connectivity index (χ1v) is 13.5. The van der Waals surface area contributed by atoms with Crippen molar-refractivity contribution >= 4 is 40.1 Å². The highest BCUT2D eigenvalue weighted by Crippen LogP contribution is 2.38. The molecule has 2 aromatic carbocycles. The minimum Gasteiger partial charge on any atom is -0.399 e. The van der Waals surface area contributed by atoms with E-state index in [1.807, 2.05) is 18.2 Å². The Kier molecular flexibility index (Phi) is 7.34. The molecule has 0 spiro atoms. The number of fused-ring (bicyclic) bond motifs is 1. The van der Waals surface area contributed by atoms with E-state index in [0.717, 1.165) is 59.9 Å². The number of rotatable bonds is 7. The van der Waals surface area contributed by atoms with Gasteiger partial charge in [0.25, 0.3) is 0 Å². The number of nitrogen functional groups attached to an aromatic ring is 1. The van der Waals surface area contributed by atoms with Crippen LogP contribution >= 0.6 is 11.8 Å². The third-order valence-electron chi connectivity index (χ3n) is 6.55. The quantitative estimate of drug-likeness (QED) is 0.194. The number of nitrogens with one attached hydrogen (secondary N) is 1. The maximum absolute atomic E-state index is 13.4. The maximum Gasteiger partial charge on any atom is 0.416 e. The molecule has 0 bridgehead atoms. The highest BCUT2D eigenvalue weighted by atomic mass is 32.2. The van der Waals surface area contributed by atoms with Crippen molar-refractivity contribution in [1.82, 2.24) is 15.0 Å². The molecule has 4 aromatic rings. The van der Waals surface area contributed by atoms with Crippen molar-refractivity contribution in [2.24, 2.45) is 0 Å². The van der Waals surface area contributed by atoms with Gasteiger partial charge >= 0.3 is 6.18 Å². The number of pyridine rings is 1. The van der Waals surface area contributed by atoms with Crippen LogP contribution in [0.3, 0.4) is 0 Å². The second-order valence-corrected chi connectivity index (χ2v) is 10.5. The maximum atomic E-state index is 13.4. The Hall–Kier alpha value is -3.53. The molecule has 1 aliphatic rings. The van der Waals surface area contributed by atoms with Gasteiger partial charge in [0.2, 0.25) is 0 Å². The fourth-order valence-electron chi connectivity index (χ4n) is 4.62. The van der Waals surface area contributed by atoms with E-state index in [1.54, 1.807) is 31.7 Å². The van der Waals surface area contributed by atoms with Gasteiger partial charge in [-0.15, -0.1) is 11.8 Å². The molecular weight excluding hydrogens is 509 g/mol. The van der Waals surface area contributed by atoms with Crippen LogP contribution in [0.25, 0.3) is 11.0 Å². The minimum atomic E-state index is -4.48. The van der Waals surface area contributed by atoms with Crippen LogP contribution in [0, 0.1) is 6.92 Å². The molecule has 1 atom stereocenters. The van der Waals surface area contributed by atoms with Crippen LogP contribution in [-0.2, 0) is 11.9 Å². The Morgan fingerprint density at radius 1 is 1.03 bits per heavy atom. The molecule has 3 heterocycles. The molecule has 10 heteroatoms. The van der Waals surface area contributed by atoms with E-state index in [9.17, 15) is 13.2 Å². The molecular formula is C28H29F3N6S. The standard InChI is InChI=1S/C28H29F3N6S/c1-17(20-12-21(28(29,30)31)14-22(32)13-20)33-25-23-15-24(38-16-19-8-4-3-5-9-19)27(37-10-6-7-11-37)36-26(23)35-18(2)34-25/h3-5,8-9,12-15,17H,6-7,10-11,16,32H2,1-2H3,(H,33,34,35,36)/t17-/m1/s1. The lowest BCUT2D eigenvalue weighted by Crippen LogP contribution is -2.20. The predicted molar refractivity (Wildman–Crippen MR) is 147 cm³/mol. The molecule has 6 nitrogen and oxygen atoms in total. The van der Waals surface area contributed by atoms with Gasteiger partial charge in [0.1, 0.15) is 17.5 Å². The summed E-state index contributed by atoms with van der Waals surface area (Å²) in [5.74, 6) is 2.75. The summed E-state index contributed by atoms with van der Waals surface area (Å²) in [5.41, 5.74) is 7.27. The highest BCUT2D eigenvalue weighted by Gasteiger charge is 2.31. The van der Waals surface area contributed by atoms with E-state index in [1.165, 1.54) is 5.56 Å². The van der Waals surface area contributed by atoms with E-state index < -0.39 is 17.8 Å². The van der Waals surface area contributed by atoms with Crippen molar-refractivity contribution in [3.8, 4) is 0 Å². The number of benzene rings is 2. The van der Waals surface area contributed by atoms with Crippen LogP contribution in [0.5, 0.6) is 0 Å². The van der Waals surface area contributed by atoms with Crippen LogP contribution in [0.15, 0.2) is 59.5 Å². The van der Waals surface area contributed by atoms with E-state index in [-0.39, 0.29) is 5.69 Å². The number of nitrogens with zero attached hydrogens (tertiary/aromatic N) is 4. The summed E-state index contributed by atoms with van der Waals surface area (Å²) in [7, 11) is 0. The van der Waals surface area contributed by atoms with Gasteiger partial charge in [0.05, 0.1) is 21.9 Å². The molecule has 0 unspecified atom stereocenters. The third kappa shape index (κ3) is 5.80. The molecule has 1 fully saturated rings. The van der Waals surface area contributed by atoms with Crippen LogP contribution in [0.4, 0.5) is 30.5 Å². The Balaban J connectivity index is 1.53. The number of aryl methyl sites for hydroxylation is 1. The van der Waals surface area contributed by atoms with E-state index in [2.05, 4.69) is 38.4 Å². The Bertz CT molecular complexity index is 1440. The Labute approximate surface area is 223 Å². The summed E-state index contributed by atoms with van der Waals surface area (Å²) >= 11 is 1.71. The molecule has 3 N–H and O–H groups in total. The van der Waals surface area contributed by atoms with Crippen molar-refractivity contribution in [2.75, 3.05) is 29.0 Å². The van der Waals surface area contributed by atoms with Crippen LogP contribution in [0.2, 0.25) is 0 Å². The molecule has 0 aliphatic carbocycles. The molecule has 1 saturated heterocycles. The average Bonchev–Trinajstić information content (AvgIpc) is 3.42. The van der Waals surface area contributed by atoms with Crippen molar-refractivity contribution in [3.63, 3.8) is 0 Å². The van der Waals surface area contributed by atoms with E-state index in [4.69, 9.17) is 10.7 Å². The molecule has 2 aromatic heterocycles. The number of hydrogen-bond acceptors (Lipinski definition) is 7. The Morgan fingerprint density at radius 2 is 1.76 bits per heavy atom. The van der Waals surface area contributed by atoms with Gasteiger partial charge < -0.3 is 16.0 Å². The van der Waals surface area contributed by atoms with Crippen molar-refractivity contribution in [2.45, 2.75) is 49.6 Å². The van der Waals surface area contributed by atoms with Crippen molar-refractivity contribution in [3.05, 3.63) is 77.1 Å². The Morgan fingerprint density at radius 3 is 2.47 bits per heavy atom. The van der Waals surface area contributed by atoms with Gasteiger partial charge in [0, 0.05) is 24.5 Å². The summed E-state index contributed by atoms with van der Waals surface area (Å²) < 4.78 is 40.2. The first-order chi connectivity index (χ1) is 18.2. The van der Waals surface area contributed by atoms with Gasteiger partial charge in [0.15, 0.2) is 5.65 Å². The molecule has 198 valence electrons. The highest BCUT2D eigenvalue weighted by molar-refractivity contribution is 7.98. The summed E-state index contributed by atoms with van der Waals surface area (Å²) in [5, 5.41) is 4.02. The SMILES string of the molecule is Cc1nc(N[C@H](C)c2cc(N)cc(C(F)(F)F)c2)c2cc(SCc3ccccc3)c(N3CCCC3)nc2n1. The zero-order valence-corrected chi connectivity index (χ0v) is 22.0. The average molecular weight is 539 g/mol. The number of hydrogen-bond donors (Lipinski definition) is 2. The number of thioether (sulfide) groups is 1. The second-order valence-electron chi connectivity index (χ2n) is 9.52. The first-order valence-electron chi connectivity index (χ1n) is 12.5. The predicted octanol–water partition coefficient (Wildman–Crippen LogP) is 7.00. The normalized spacial score (nSPS) is 14.7. The largest absolute Gasteiger partial charge is 0.416 e. The molecule has 5 rings (SSSR count). The zero-order chi connectivity index (χ0) is 26.9. The van der Waals surface area contributed by atoms with Crippen LogP contribution in [0.1, 0.15) is 48.3 Å². The molecule has 38 heavy (non-hydrogen) atoms. The smallest absolute Gasteiger partial charge is 0.399 e. The number of nitrogens with two attached hydrogens (primary N) is 1. The van der Waals surface area contributed by atoms with Gasteiger partial charge in [-0.05, 0) is 62.1 Å². The topological polar surface area (TPSA) is 80.0 Å². The lowest BCUT2D eigenvalue weighted by Gasteiger charge is -2.22. The number of halogens is 3. The summed E-state index contributed by atoms with van der Waals surface area (Å²) in [4.78, 5) is 17.5. The monoisotopic (exact) mass is 538 g/mol.